The topological polar surface area (TPSA) is 72.5 Å². The average Bonchev–Trinajstić information content (AvgIpc) is 2.61. The lowest BCUT2D eigenvalue weighted by molar-refractivity contribution is -0.118. The van der Waals surface area contributed by atoms with Gasteiger partial charge in [-0.15, -0.1) is 0 Å². The van der Waals surface area contributed by atoms with Crippen molar-refractivity contribution in [1.82, 2.24) is 0 Å². The van der Waals surface area contributed by atoms with Crippen molar-refractivity contribution in [2.24, 2.45) is 5.92 Å². The number of ether oxygens (including phenoxy) is 1. The zero-order valence-corrected chi connectivity index (χ0v) is 14.8. The minimum absolute atomic E-state index is 0.128. The van der Waals surface area contributed by atoms with E-state index in [-0.39, 0.29) is 17.4 Å². The second-order valence-corrected chi connectivity index (χ2v) is 6.11. The molecule has 2 rings (SSSR count). The number of hydrogen-bond acceptors (Lipinski definition) is 4. The molecule has 1 atom stereocenters. The molecule has 0 spiro atoms. The monoisotopic (exact) mass is 357 g/mol. The molecule has 0 heterocycles. The van der Waals surface area contributed by atoms with Crippen LogP contribution in [0.3, 0.4) is 0 Å². The number of ketones is 1. The van der Waals surface area contributed by atoms with Crippen LogP contribution in [0.5, 0.6) is 0 Å². The van der Waals surface area contributed by atoms with Gasteiger partial charge in [0.15, 0.2) is 6.10 Å². The minimum atomic E-state index is -1.07. The highest BCUT2D eigenvalue weighted by molar-refractivity contribution is 6.02. The van der Waals surface area contributed by atoms with Crippen LogP contribution in [-0.4, -0.2) is 23.8 Å². The number of Topliss-reactive ketones (excluding diaryl/α,β-unsaturated/α-hetero) is 1. The van der Waals surface area contributed by atoms with E-state index in [1.54, 1.807) is 26.0 Å². The second-order valence-electron chi connectivity index (χ2n) is 6.11. The molecule has 0 radical (unpaired) electrons. The van der Waals surface area contributed by atoms with Crippen molar-refractivity contribution in [3.8, 4) is 0 Å². The van der Waals surface area contributed by atoms with Crippen LogP contribution in [0.2, 0.25) is 0 Å². The van der Waals surface area contributed by atoms with Gasteiger partial charge in [0.1, 0.15) is 5.82 Å². The zero-order valence-electron chi connectivity index (χ0n) is 14.8. The first-order valence-electron chi connectivity index (χ1n) is 8.20. The molecule has 0 aromatic heterocycles. The number of carbonyl (C=O) groups is 3. The van der Waals surface area contributed by atoms with E-state index in [1.807, 2.05) is 0 Å². The first-order chi connectivity index (χ1) is 12.3. The Morgan fingerprint density at radius 2 is 1.58 bits per heavy atom. The fourth-order valence-electron chi connectivity index (χ4n) is 2.14. The molecular formula is C20H20FNO4. The Morgan fingerprint density at radius 3 is 2.15 bits per heavy atom. The molecule has 0 aliphatic rings. The lowest BCUT2D eigenvalue weighted by atomic mass is 10.1. The number of rotatable bonds is 6. The molecule has 6 heteroatoms. The van der Waals surface area contributed by atoms with Gasteiger partial charge in [0, 0.05) is 17.2 Å². The number of amides is 1. The molecule has 0 unspecified atom stereocenters. The van der Waals surface area contributed by atoms with E-state index in [4.69, 9.17) is 4.74 Å². The first kappa shape index (κ1) is 19.3. The van der Waals surface area contributed by atoms with Crippen LogP contribution in [0, 0.1) is 11.7 Å². The third-order valence-electron chi connectivity index (χ3n) is 3.71. The standard InChI is InChI=1S/C20H20FNO4/c1-12(2)19(24)22-15-10-8-14(9-11-15)18(23)13(3)26-20(25)16-6-4-5-7-17(16)21/h4-13H,1-3H3,(H,22,24)/t13-/m0/s1. The summed E-state index contributed by atoms with van der Waals surface area (Å²) in [5.74, 6) is -2.31. The summed E-state index contributed by atoms with van der Waals surface area (Å²) in [5, 5.41) is 2.72. The Hall–Kier alpha value is -3.02. The highest BCUT2D eigenvalue weighted by atomic mass is 19.1. The molecule has 1 N–H and O–H groups in total. The van der Waals surface area contributed by atoms with Gasteiger partial charge in [-0.25, -0.2) is 9.18 Å². The average molecular weight is 357 g/mol. The zero-order chi connectivity index (χ0) is 19.3. The first-order valence-corrected chi connectivity index (χ1v) is 8.20. The molecule has 0 saturated heterocycles. The van der Waals surface area contributed by atoms with Gasteiger partial charge < -0.3 is 10.1 Å². The SMILES string of the molecule is CC(C)C(=O)Nc1ccc(C(=O)[C@H](C)OC(=O)c2ccccc2F)cc1. The summed E-state index contributed by atoms with van der Waals surface area (Å²) < 4.78 is 18.7. The van der Waals surface area contributed by atoms with Crippen molar-refractivity contribution >= 4 is 23.3 Å². The Labute approximate surface area is 151 Å². The van der Waals surface area contributed by atoms with Crippen molar-refractivity contribution in [3.05, 3.63) is 65.5 Å². The van der Waals surface area contributed by atoms with E-state index >= 15 is 0 Å². The van der Waals surface area contributed by atoms with Gasteiger partial charge in [-0.05, 0) is 43.3 Å². The highest BCUT2D eigenvalue weighted by Gasteiger charge is 2.22. The number of halogens is 1. The third-order valence-corrected chi connectivity index (χ3v) is 3.71. The molecule has 0 bridgehead atoms. The number of nitrogens with one attached hydrogen (secondary N) is 1. The fourth-order valence-corrected chi connectivity index (χ4v) is 2.14. The predicted octanol–water partition coefficient (Wildman–Crippen LogP) is 3.85. The van der Waals surface area contributed by atoms with E-state index in [0.29, 0.717) is 11.3 Å². The fraction of sp³-hybridized carbons (Fsp3) is 0.250. The molecule has 0 saturated carbocycles. The van der Waals surface area contributed by atoms with Crippen LogP contribution >= 0.6 is 0 Å². The van der Waals surface area contributed by atoms with Crippen LogP contribution < -0.4 is 5.32 Å². The summed E-state index contributed by atoms with van der Waals surface area (Å²) in [6.07, 6.45) is -1.07. The van der Waals surface area contributed by atoms with Crippen LogP contribution in [0.1, 0.15) is 41.5 Å². The summed E-state index contributed by atoms with van der Waals surface area (Å²) in [5.41, 5.74) is 0.663. The lowest BCUT2D eigenvalue weighted by Gasteiger charge is -2.13. The minimum Gasteiger partial charge on any atom is -0.451 e. The summed E-state index contributed by atoms with van der Waals surface area (Å²) in [7, 11) is 0. The van der Waals surface area contributed by atoms with Crippen molar-refractivity contribution < 1.29 is 23.5 Å². The Kier molecular flexibility index (Phi) is 6.22. The van der Waals surface area contributed by atoms with Crippen molar-refractivity contribution in [3.63, 3.8) is 0 Å². The third kappa shape index (κ3) is 4.75. The smallest absolute Gasteiger partial charge is 0.341 e. The van der Waals surface area contributed by atoms with Crippen LogP contribution in [0.15, 0.2) is 48.5 Å². The predicted molar refractivity (Wildman–Crippen MR) is 95.5 cm³/mol. The van der Waals surface area contributed by atoms with E-state index in [0.717, 1.165) is 6.07 Å². The van der Waals surface area contributed by atoms with Gasteiger partial charge in [0.25, 0.3) is 0 Å². The Balaban J connectivity index is 2.03. The van der Waals surface area contributed by atoms with Crippen LogP contribution in [0.4, 0.5) is 10.1 Å². The Morgan fingerprint density at radius 1 is 0.962 bits per heavy atom. The van der Waals surface area contributed by atoms with E-state index < -0.39 is 23.7 Å². The van der Waals surface area contributed by atoms with Crippen molar-refractivity contribution in [2.45, 2.75) is 26.9 Å². The maximum absolute atomic E-state index is 13.6. The van der Waals surface area contributed by atoms with Crippen LogP contribution in [0.25, 0.3) is 0 Å². The van der Waals surface area contributed by atoms with E-state index in [1.165, 1.54) is 37.3 Å². The molecule has 136 valence electrons. The normalized spacial score (nSPS) is 11.7. The molecular weight excluding hydrogens is 337 g/mol. The second kappa shape index (κ2) is 8.38. The summed E-state index contributed by atoms with van der Waals surface area (Å²) in [6, 6.07) is 11.7. The lowest BCUT2D eigenvalue weighted by Crippen LogP contribution is -2.25. The highest BCUT2D eigenvalue weighted by Crippen LogP contribution is 2.15. The largest absolute Gasteiger partial charge is 0.451 e. The molecule has 0 aliphatic carbocycles. The van der Waals surface area contributed by atoms with Gasteiger partial charge in [-0.2, -0.15) is 0 Å². The summed E-state index contributed by atoms with van der Waals surface area (Å²) in [4.78, 5) is 36.0. The molecule has 26 heavy (non-hydrogen) atoms. The quantitative estimate of drug-likeness (QED) is 0.630. The van der Waals surface area contributed by atoms with Crippen molar-refractivity contribution in [2.75, 3.05) is 5.32 Å². The molecule has 2 aromatic carbocycles. The molecule has 2 aromatic rings. The molecule has 5 nitrogen and oxygen atoms in total. The summed E-state index contributed by atoms with van der Waals surface area (Å²) >= 11 is 0. The van der Waals surface area contributed by atoms with E-state index in [2.05, 4.69) is 5.32 Å². The van der Waals surface area contributed by atoms with E-state index in [9.17, 15) is 18.8 Å². The number of hydrogen-bond donors (Lipinski definition) is 1. The number of benzene rings is 2. The van der Waals surface area contributed by atoms with Gasteiger partial charge in [-0.3, -0.25) is 9.59 Å². The van der Waals surface area contributed by atoms with Gasteiger partial charge >= 0.3 is 5.97 Å². The van der Waals surface area contributed by atoms with Crippen LogP contribution in [-0.2, 0) is 9.53 Å². The summed E-state index contributed by atoms with van der Waals surface area (Å²) in [6.45, 7) is 4.98. The molecule has 1 amide bonds. The molecule has 0 fully saturated rings. The number of esters is 1. The molecule has 0 aliphatic heterocycles. The number of anilines is 1. The maximum atomic E-state index is 13.6. The Bertz CT molecular complexity index is 815. The maximum Gasteiger partial charge on any atom is 0.341 e. The van der Waals surface area contributed by atoms with Gasteiger partial charge in [-0.1, -0.05) is 26.0 Å². The van der Waals surface area contributed by atoms with Crippen molar-refractivity contribution in [1.29, 1.82) is 0 Å². The van der Waals surface area contributed by atoms with Gasteiger partial charge in [0.2, 0.25) is 11.7 Å². The van der Waals surface area contributed by atoms with Gasteiger partial charge in [0.05, 0.1) is 5.56 Å². The number of carbonyl (C=O) groups excluding carboxylic acids is 3.